The molecule has 2 aromatic rings. The summed E-state index contributed by atoms with van der Waals surface area (Å²) < 4.78 is 0. The van der Waals surface area contributed by atoms with E-state index >= 15 is 0 Å². The van der Waals surface area contributed by atoms with Crippen LogP contribution in [0.4, 0.5) is 11.4 Å². The van der Waals surface area contributed by atoms with Crippen LogP contribution < -0.4 is 5.73 Å². The summed E-state index contributed by atoms with van der Waals surface area (Å²) in [5.41, 5.74) is 6.51. The van der Waals surface area contributed by atoms with Crippen LogP contribution in [0.3, 0.4) is 0 Å². The van der Waals surface area contributed by atoms with Crippen LogP contribution in [0.1, 0.15) is 21.5 Å². The number of nitro groups is 1. The Balaban J connectivity index is 2.56. The van der Waals surface area contributed by atoms with Crippen molar-refractivity contribution >= 4 is 17.2 Å². The number of nitrogens with two attached hydrogens (primary N) is 1. The van der Waals surface area contributed by atoms with Crippen LogP contribution in [-0.4, -0.2) is 10.7 Å². The first-order chi connectivity index (χ1) is 9.02. The Morgan fingerprint density at radius 1 is 1.16 bits per heavy atom. The zero-order chi connectivity index (χ0) is 14.0. The third kappa shape index (κ3) is 2.30. The molecule has 19 heavy (non-hydrogen) atoms. The lowest BCUT2D eigenvalue weighted by Crippen LogP contribution is -2.08. The molecule has 5 nitrogen and oxygen atoms in total. The molecular weight excluding hydrogens is 244 g/mol. The van der Waals surface area contributed by atoms with Crippen LogP contribution in [0.15, 0.2) is 42.5 Å². The number of rotatable bonds is 3. The zero-order valence-corrected chi connectivity index (χ0v) is 10.3. The second-order valence-electron chi connectivity index (χ2n) is 4.14. The van der Waals surface area contributed by atoms with Gasteiger partial charge in [-0.3, -0.25) is 14.9 Å². The Bertz CT molecular complexity index is 651. The van der Waals surface area contributed by atoms with Gasteiger partial charge in [-0.15, -0.1) is 0 Å². The summed E-state index contributed by atoms with van der Waals surface area (Å²) in [6.45, 7) is 1.59. The van der Waals surface area contributed by atoms with Crippen molar-refractivity contribution in [2.45, 2.75) is 6.92 Å². The van der Waals surface area contributed by atoms with Crippen LogP contribution >= 0.6 is 0 Å². The van der Waals surface area contributed by atoms with Gasteiger partial charge in [-0.1, -0.05) is 36.4 Å². The Kier molecular flexibility index (Phi) is 3.29. The van der Waals surface area contributed by atoms with Gasteiger partial charge in [0, 0.05) is 11.1 Å². The number of carbonyl (C=O) groups is 1. The summed E-state index contributed by atoms with van der Waals surface area (Å²) in [4.78, 5) is 22.7. The maximum absolute atomic E-state index is 12.3. The lowest BCUT2D eigenvalue weighted by molar-refractivity contribution is -0.384. The molecule has 0 heterocycles. The van der Waals surface area contributed by atoms with Crippen molar-refractivity contribution in [2.24, 2.45) is 0 Å². The van der Waals surface area contributed by atoms with Crippen molar-refractivity contribution < 1.29 is 9.72 Å². The molecule has 0 bridgehead atoms. The van der Waals surface area contributed by atoms with Gasteiger partial charge in [0.1, 0.15) is 5.69 Å². The van der Waals surface area contributed by atoms with Gasteiger partial charge in [-0.2, -0.15) is 0 Å². The highest BCUT2D eigenvalue weighted by Gasteiger charge is 2.22. The van der Waals surface area contributed by atoms with Crippen LogP contribution in [0.5, 0.6) is 0 Å². The number of nitrogen functional groups attached to an aromatic ring is 1. The highest BCUT2D eigenvalue weighted by Crippen LogP contribution is 2.30. The molecule has 0 radical (unpaired) electrons. The first kappa shape index (κ1) is 12.8. The average molecular weight is 256 g/mol. The summed E-state index contributed by atoms with van der Waals surface area (Å²) in [5, 5.41) is 11.0. The monoisotopic (exact) mass is 256 g/mol. The van der Waals surface area contributed by atoms with E-state index in [-0.39, 0.29) is 22.7 Å². The van der Waals surface area contributed by atoms with Crippen LogP contribution in [0, 0.1) is 17.0 Å². The second kappa shape index (κ2) is 4.89. The van der Waals surface area contributed by atoms with E-state index < -0.39 is 4.92 Å². The van der Waals surface area contributed by atoms with E-state index in [0.717, 1.165) is 0 Å². The molecule has 2 aromatic carbocycles. The minimum Gasteiger partial charge on any atom is -0.393 e. The fourth-order valence-electron chi connectivity index (χ4n) is 1.90. The minimum atomic E-state index is -0.563. The Morgan fingerprint density at radius 3 is 2.37 bits per heavy atom. The number of hydrogen-bond acceptors (Lipinski definition) is 4. The van der Waals surface area contributed by atoms with Gasteiger partial charge in [0.05, 0.1) is 10.5 Å². The molecule has 0 aromatic heterocycles. The molecular formula is C14H12N2O3. The van der Waals surface area contributed by atoms with E-state index in [2.05, 4.69) is 0 Å². The molecule has 0 atom stereocenters. The van der Waals surface area contributed by atoms with E-state index in [1.165, 1.54) is 12.1 Å². The number of nitro benzene ring substituents is 1. The summed E-state index contributed by atoms with van der Waals surface area (Å²) in [6.07, 6.45) is 0. The topological polar surface area (TPSA) is 86.2 Å². The Labute approximate surface area is 109 Å². The molecule has 0 aliphatic carbocycles. The molecule has 0 unspecified atom stereocenters. The summed E-state index contributed by atoms with van der Waals surface area (Å²) in [5.74, 6) is -0.318. The summed E-state index contributed by atoms with van der Waals surface area (Å²) >= 11 is 0. The van der Waals surface area contributed by atoms with Crippen molar-refractivity contribution in [3.63, 3.8) is 0 Å². The highest BCUT2D eigenvalue weighted by molar-refractivity contribution is 6.13. The normalized spacial score (nSPS) is 10.2. The van der Waals surface area contributed by atoms with Gasteiger partial charge in [0.25, 0.3) is 5.69 Å². The summed E-state index contributed by atoms with van der Waals surface area (Å²) in [6, 6.07) is 11.6. The van der Waals surface area contributed by atoms with E-state index in [4.69, 9.17) is 5.73 Å². The molecule has 0 spiro atoms. The van der Waals surface area contributed by atoms with Crippen molar-refractivity contribution in [1.29, 1.82) is 0 Å². The number of carbonyl (C=O) groups excluding carboxylic acids is 1. The van der Waals surface area contributed by atoms with Crippen LogP contribution in [-0.2, 0) is 0 Å². The third-order valence-corrected chi connectivity index (χ3v) is 2.88. The molecule has 0 saturated heterocycles. The molecule has 2 N–H and O–H groups in total. The molecule has 0 amide bonds. The van der Waals surface area contributed by atoms with Gasteiger partial charge >= 0.3 is 0 Å². The smallest absolute Gasteiger partial charge is 0.295 e. The largest absolute Gasteiger partial charge is 0.393 e. The SMILES string of the molecule is Cc1ccc(C(=O)c2ccccc2)c(N)c1[N+](=O)[O-]. The molecule has 96 valence electrons. The van der Waals surface area contributed by atoms with Gasteiger partial charge in [-0.25, -0.2) is 0 Å². The average Bonchev–Trinajstić information content (AvgIpc) is 2.39. The predicted molar refractivity (Wildman–Crippen MR) is 72.1 cm³/mol. The molecule has 0 aliphatic heterocycles. The van der Waals surface area contributed by atoms with Gasteiger partial charge in [0.15, 0.2) is 5.78 Å². The van der Waals surface area contributed by atoms with Crippen LogP contribution in [0.2, 0.25) is 0 Å². The Morgan fingerprint density at radius 2 is 1.79 bits per heavy atom. The van der Waals surface area contributed by atoms with Gasteiger partial charge < -0.3 is 5.73 Å². The van der Waals surface area contributed by atoms with Crippen molar-refractivity contribution in [3.8, 4) is 0 Å². The first-order valence-corrected chi connectivity index (χ1v) is 5.65. The number of anilines is 1. The van der Waals surface area contributed by atoms with Crippen molar-refractivity contribution in [1.82, 2.24) is 0 Å². The zero-order valence-electron chi connectivity index (χ0n) is 10.3. The van der Waals surface area contributed by atoms with E-state index in [0.29, 0.717) is 11.1 Å². The Hall–Kier alpha value is -2.69. The predicted octanol–water partition coefficient (Wildman–Crippen LogP) is 2.72. The highest BCUT2D eigenvalue weighted by atomic mass is 16.6. The number of ketones is 1. The molecule has 5 heteroatoms. The lowest BCUT2D eigenvalue weighted by atomic mass is 9.99. The molecule has 0 fully saturated rings. The number of benzene rings is 2. The second-order valence-corrected chi connectivity index (χ2v) is 4.14. The van der Waals surface area contributed by atoms with Gasteiger partial charge in [-0.05, 0) is 13.0 Å². The van der Waals surface area contributed by atoms with E-state index in [1.54, 1.807) is 37.3 Å². The fourth-order valence-corrected chi connectivity index (χ4v) is 1.90. The molecule has 0 aliphatic rings. The van der Waals surface area contributed by atoms with Crippen molar-refractivity contribution in [3.05, 3.63) is 69.3 Å². The molecule has 0 saturated carbocycles. The number of aryl methyl sites for hydroxylation is 1. The standard InChI is InChI=1S/C14H12N2O3/c1-9-7-8-11(12(15)13(9)16(18)19)14(17)10-5-3-2-4-6-10/h2-8H,15H2,1H3. The fraction of sp³-hybridized carbons (Fsp3) is 0.0714. The van der Waals surface area contributed by atoms with Crippen molar-refractivity contribution in [2.75, 3.05) is 5.73 Å². The summed E-state index contributed by atoms with van der Waals surface area (Å²) in [7, 11) is 0. The maximum Gasteiger partial charge on any atom is 0.295 e. The van der Waals surface area contributed by atoms with E-state index in [1.807, 2.05) is 0 Å². The van der Waals surface area contributed by atoms with Crippen LogP contribution in [0.25, 0.3) is 0 Å². The number of nitrogens with zero attached hydrogens (tertiary/aromatic N) is 1. The van der Waals surface area contributed by atoms with E-state index in [9.17, 15) is 14.9 Å². The lowest BCUT2D eigenvalue weighted by Gasteiger charge is -2.07. The minimum absolute atomic E-state index is 0.0844. The molecule has 2 rings (SSSR count). The number of hydrogen-bond donors (Lipinski definition) is 1. The first-order valence-electron chi connectivity index (χ1n) is 5.65. The quantitative estimate of drug-likeness (QED) is 0.396. The maximum atomic E-state index is 12.3. The van der Waals surface area contributed by atoms with Gasteiger partial charge in [0.2, 0.25) is 0 Å². The third-order valence-electron chi connectivity index (χ3n) is 2.88.